The summed E-state index contributed by atoms with van der Waals surface area (Å²) in [5.41, 5.74) is 4.98. The van der Waals surface area contributed by atoms with E-state index in [4.69, 9.17) is 5.73 Å². The summed E-state index contributed by atoms with van der Waals surface area (Å²) < 4.78 is 52.0. The van der Waals surface area contributed by atoms with Crippen LogP contribution < -0.4 is 5.73 Å². The van der Waals surface area contributed by atoms with Gasteiger partial charge in [0.25, 0.3) is 0 Å². The normalized spacial score (nSPS) is 13.2. The van der Waals surface area contributed by atoms with Gasteiger partial charge in [-0.2, -0.15) is 13.2 Å². The molecule has 0 fully saturated rings. The number of hydrogen-bond donors (Lipinski definition) is 1. The molecule has 0 saturated heterocycles. The number of rotatable bonds is 3. The minimum atomic E-state index is -4.60. The van der Waals surface area contributed by atoms with Crippen LogP contribution in [-0.4, -0.2) is 16.0 Å². The lowest BCUT2D eigenvalue weighted by atomic mass is 10.1. The molecule has 0 amide bonds. The zero-order chi connectivity index (χ0) is 15.6. The number of benzene rings is 1. The predicted octanol–water partition coefficient (Wildman–Crippen LogP) is 3.19. The predicted molar refractivity (Wildman–Crippen MR) is 69.8 cm³/mol. The Morgan fingerprint density at radius 2 is 1.81 bits per heavy atom. The van der Waals surface area contributed by atoms with Crippen molar-refractivity contribution in [2.24, 2.45) is 5.73 Å². The molecule has 0 aliphatic carbocycles. The van der Waals surface area contributed by atoms with Crippen LogP contribution in [0.3, 0.4) is 0 Å². The van der Waals surface area contributed by atoms with Gasteiger partial charge in [0.15, 0.2) is 5.82 Å². The molecule has 0 bridgehead atoms. The second-order valence-electron chi connectivity index (χ2n) is 4.78. The highest BCUT2D eigenvalue weighted by Crippen LogP contribution is 2.36. The maximum Gasteiger partial charge on any atom is 0.417 e. The van der Waals surface area contributed by atoms with Crippen molar-refractivity contribution in [1.82, 2.24) is 9.97 Å². The molecule has 1 atom stereocenters. The quantitative estimate of drug-likeness (QED) is 0.886. The molecule has 2 N–H and O–H groups in total. The summed E-state index contributed by atoms with van der Waals surface area (Å²) in [7, 11) is 0. The van der Waals surface area contributed by atoms with Gasteiger partial charge in [-0.15, -0.1) is 0 Å². The van der Waals surface area contributed by atoms with E-state index in [0.717, 1.165) is 12.1 Å². The van der Waals surface area contributed by atoms with Crippen molar-refractivity contribution in [1.29, 1.82) is 0 Å². The summed E-state index contributed by atoms with van der Waals surface area (Å²) in [4.78, 5) is 7.77. The Bertz CT molecular complexity index is 621. The highest BCUT2D eigenvalue weighted by atomic mass is 19.4. The Morgan fingerprint density at radius 1 is 1.19 bits per heavy atom. The first-order valence-electron chi connectivity index (χ1n) is 6.21. The minimum Gasteiger partial charge on any atom is -0.328 e. The first kappa shape index (κ1) is 15.4. The average molecular weight is 299 g/mol. The number of aromatic nitrogens is 2. The maximum atomic E-state index is 13.2. The summed E-state index contributed by atoms with van der Waals surface area (Å²) in [5, 5.41) is 0. The average Bonchev–Trinajstić information content (AvgIpc) is 2.37. The van der Waals surface area contributed by atoms with Crippen LogP contribution in [-0.2, 0) is 12.6 Å². The molecule has 3 nitrogen and oxygen atoms in total. The maximum absolute atomic E-state index is 13.2. The summed E-state index contributed by atoms with van der Waals surface area (Å²) in [5.74, 6) is -0.948. The van der Waals surface area contributed by atoms with E-state index in [-0.39, 0.29) is 17.4 Å². The third-order valence-electron chi connectivity index (χ3n) is 2.79. The van der Waals surface area contributed by atoms with E-state index in [9.17, 15) is 17.6 Å². The minimum absolute atomic E-state index is 0.112. The first-order valence-corrected chi connectivity index (χ1v) is 6.21. The van der Waals surface area contributed by atoms with Crippen LogP contribution in [0.5, 0.6) is 0 Å². The van der Waals surface area contributed by atoms with Gasteiger partial charge in [0.05, 0.1) is 5.56 Å². The van der Waals surface area contributed by atoms with Crippen molar-refractivity contribution in [3.05, 3.63) is 47.5 Å². The van der Waals surface area contributed by atoms with Gasteiger partial charge in [-0.3, -0.25) is 0 Å². The molecular formula is C14H13F4N3. The van der Waals surface area contributed by atoms with Gasteiger partial charge in [-0.05, 0) is 37.1 Å². The molecule has 1 aromatic carbocycles. The molecule has 2 aromatic rings. The number of nitrogens with two attached hydrogens (primary N) is 1. The Hall–Kier alpha value is -2.02. The largest absolute Gasteiger partial charge is 0.417 e. The fourth-order valence-corrected chi connectivity index (χ4v) is 1.92. The highest BCUT2D eigenvalue weighted by Gasteiger charge is 2.34. The van der Waals surface area contributed by atoms with Crippen LogP contribution in [0.25, 0.3) is 11.4 Å². The van der Waals surface area contributed by atoms with Crippen molar-refractivity contribution in [3.63, 3.8) is 0 Å². The topological polar surface area (TPSA) is 51.8 Å². The molecule has 0 aliphatic rings. The van der Waals surface area contributed by atoms with E-state index in [1.807, 2.05) is 0 Å². The summed E-state index contributed by atoms with van der Waals surface area (Å²) >= 11 is 0. The Labute approximate surface area is 118 Å². The molecule has 0 aliphatic heterocycles. The van der Waals surface area contributed by atoms with Crippen molar-refractivity contribution in [2.75, 3.05) is 0 Å². The fraction of sp³-hybridized carbons (Fsp3) is 0.286. The molecule has 21 heavy (non-hydrogen) atoms. The van der Waals surface area contributed by atoms with Crippen LogP contribution in [0.15, 0.2) is 30.6 Å². The van der Waals surface area contributed by atoms with Gasteiger partial charge in [-0.1, -0.05) is 0 Å². The summed E-state index contributed by atoms with van der Waals surface area (Å²) in [6, 6.07) is 2.11. The van der Waals surface area contributed by atoms with Crippen molar-refractivity contribution < 1.29 is 17.6 Å². The number of alkyl halides is 3. The molecule has 1 unspecified atom stereocenters. The molecule has 1 heterocycles. The van der Waals surface area contributed by atoms with Gasteiger partial charge in [0.1, 0.15) is 5.82 Å². The van der Waals surface area contributed by atoms with Gasteiger partial charge >= 0.3 is 6.18 Å². The van der Waals surface area contributed by atoms with Gasteiger partial charge in [0, 0.05) is 24.0 Å². The van der Waals surface area contributed by atoms with E-state index in [1.54, 1.807) is 6.92 Å². The van der Waals surface area contributed by atoms with Crippen LogP contribution >= 0.6 is 0 Å². The van der Waals surface area contributed by atoms with E-state index in [0.29, 0.717) is 18.1 Å². The van der Waals surface area contributed by atoms with E-state index < -0.39 is 17.6 Å². The number of nitrogens with zero attached hydrogens (tertiary/aromatic N) is 2. The molecule has 0 radical (unpaired) electrons. The number of halogens is 4. The van der Waals surface area contributed by atoms with E-state index in [2.05, 4.69) is 9.97 Å². The zero-order valence-electron chi connectivity index (χ0n) is 11.2. The first-order chi connectivity index (χ1) is 9.77. The Kier molecular flexibility index (Phi) is 4.22. The Morgan fingerprint density at radius 3 is 2.33 bits per heavy atom. The molecule has 0 spiro atoms. The fourth-order valence-electron chi connectivity index (χ4n) is 1.92. The SMILES string of the molecule is CC(N)Cc1cnc(-c2cc(F)ccc2C(F)(F)F)nc1. The number of hydrogen-bond acceptors (Lipinski definition) is 3. The summed E-state index contributed by atoms with van der Waals surface area (Å²) in [6.45, 7) is 1.79. The van der Waals surface area contributed by atoms with Crippen LogP contribution in [0.1, 0.15) is 18.1 Å². The molecular weight excluding hydrogens is 286 g/mol. The van der Waals surface area contributed by atoms with Crippen LogP contribution in [0.4, 0.5) is 17.6 Å². The van der Waals surface area contributed by atoms with Gasteiger partial charge in [0.2, 0.25) is 0 Å². The van der Waals surface area contributed by atoms with Crippen molar-refractivity contribution in [3.8, 4) is 11.4 Å². The lowest BCUT2D eigenvalue weighted by Crippen LogP contribution is -2.18. The van der Waals surface area contributed by atoms with Crippen LogP contribution in [0.2, 0.25) is 0 Å². The molecule has 7 heteroatoms. The molecule has 2 rings (SSSR count). The summed E-state index contributed by atoms with van der Waals surface area (Å²) in [6.07, 6.45) is -1.29. The highest BCUT2D eigenvalue weighted by molar-refractivity contribution is 5.61. The van der Waals surface area contributed by atoms with Gasteiger partial charge < -0.3 is 5.73 Å². The molecule has 112 valence electrons. The molecule has 1 aromatic heterocycles. The van der Waals surface area contributed by atoms with E-state index in [1.165, 1.54) is 12.4 Å². The monoisotopic (exact) mass is 299 g/mol. The van der Waals surface area contributed by atoms with E-state index >= 15 is 0 Å². The molecule has 0 saturated carbocycles. The van der Waals surface area contributed by atoms with Crippen molar-refractivity contribution >= 4 is 0 Å². The third-order valence-corrected chi connectivity index (χ3v) is 2.79. The Balaban J connectivity index is 2.44. The standard InChI is InChI=1S/C14H13F4N3/c1-8(19)4-9-6-20-13(21-7-9)11-5-10(15)2-3-12(11)14(16,17)18/h2-3,5-8H,4,19H2,1H3. The second kappa shape index (κ2) is 5.77. The zero-order valence-corrected chi connectivity index (χ0v) is 11.2. The lowest BCUT2D eigenvalue weighted by molar-refractivity contribution is -0.137. The van der Waals surface area contributed by atoms with Crippen LogP contribution in [0, 0.1) is 5.82 Å². The lowest BCUT2D eigenvalue weighted by Gasteiger charge is -2.12. The third kappa shape index (κ3) is 3.75. The van der Waals surface area contributed by atoms with Crippen molar-refractivity contribution in [2.45, 2.75) is 25.6 Å². The second-order valence-corrected chi connectivity index (χ2v) is 4.78. The van der Waals surface area contributed by atoms with Gasteiger partial charge in [-0.25, -0.2) is 14.4 Å². The smallest absolute Gasteiger partial charge is 0.328 e.